The Bertz CT molecular complexity index is 305. The fourth-order valence-corrected chi connectivity index (χ4v) is 1.54. The second-order valence-corrected chi connectivity index (χ2v) is 3.72. The van der Waals surface area contributed by atoms with Crippen LogP contribution in [0.1, 0.15) is 19.3 Å². The van der Waals surface area contributed by atoms with Crippen molar-refractivity contribution in [3.63, 3.8) is 0 Å². The fraction of sp³-hybridized carbons (Fsp3) is 0.778. The molecule has 1 amide bonds. The van der Waals surface area contributed by atoms with Crippen molar-refractivity contribution >= 4 is 11.9 Å². The highest BCUT2D eigenvalue weighted by molar-refractivity contribution is 5.81. The summed E-state index contributed by atoms with van der Waals surface area (Å²) in [6.07, 6.45) is -5.31. The molecule has 0 saturated carbocycles. The monoisotopic (exact) mass is 255 g/mol. The largest absolute Gasteiger partial charge is 0.479 e. The Labute approximate surface area is 94.9 Å². The fourth-order valence-electron chi connectivity index (χ4n) is 1.54. The first-order valence-electron chi connectivity index (χ1n) is 5.04. The minimum atomic E-state index is -4.93. The number of hydrogen-bond donors (Lipinski definition) is 2. The molecule has 0 aromatic rings. The topological polar surface area (TPSA) is 75.6 Å². The lowest BCUT2D eigenvalue weighted by atomic mass is 10.0. The van der Waals surface area contributed by atoms with Crippen LogP contribution in [0.15, 0.2) is 0 Å². The molecule has 0 spiro atoms. The van der Waals surface area contributed by atoms with Gasteiger partial charge in [0.2, 0.25) is 0 Å². The van der Waals surface area contributed by atoms with Gasteiger partial charge in [-0.1, -0.05) is 0 Å². The standard InChI is InChI=1S/C9H12F3NO4/c10-9(11,12)8(16)13-4-5-2-1-3-6(17-5)7(14)15/h5-6H,1-4H2,(H,13,16)(H,14,15)/t5-,6+/m1/s1. The number of rotatable bonds is 3. The van der Waals surface area contributed by atoms with Crippen LogP contribution in [0.2, 0.25) is 0 Å². The van der Waals surface area contributed by atoms with Crippen molar-refractivity contribution < 1.29 is 32.6 Å². The number of aliphatic carboxylic acids is 1. The third-order valence-corrected chi connectivity index (χ3v) is 2.37. The van der Waals surface area contributed by atoms with Crippen LogP contribution >= 0.6 is 0 Å². The van der Waals surface area contributed by atoms with E-state index < -0.39 is 30.3 Å². The highest BCUT2D eigenvalue weighted by atomic mass is 19.4. The molecule has 5 nitrogen and oxygen atoms in total. The van der Waals surface area contributed by atoms with Gasteiger partial charge in [0, 0.05) is 6.54 Å². The molecule has 0 aromatic carbocycles. The van der Waals surface area contributed by atoms with Gasteiger partial charge >= 0.3 is 18.1 Å². The maximum atomic E-state index is 11.9. The van der Waals surface area contributed by atoms with Gasteiger partial charge in [-0.25, -0.2) is 4.79 Å². The van der Waals surface area contributed by atoms with Crippen molar-refractivity contribution in [1.82, 2.24) is 5.32 Å². The Hall–Kier alpha value is -1.31. The van der Waals surface area contributed by atoms with Crippen LogP contribution in [0.3, 0.4) is 0 Å². The SMILES string of the molecule is O=C(O)[C@@H]1CCC[C@H](CNC(=O)C(F)(F)F)O1. The van der Waals surface area contributed by atoms with E-state index in [1.807, 2.05) is 0 Å². The van der Waals surface area contributed by atoms with E-state index in [1.165, 1.54) is 0 Å². The van der Waals surface area contributed by atoms with Crippen LogP contribution in [0.5, 0.6) is 0 Å². The number of ether oxygens (including phenoxy) is 1. The van der Waals surface area contributed by atoms with E-state index in [4.69, 9.17) is 9.84 Å². The first kappa shape index (κ1) is 13.8. The van der Waals surface area contributed by atoms with Crippen LogP contribution in [0.4, 0.5) is 13.2 Å². The van der Waals surface area contributed by atoms with Gasteiger partial charge in [-0.05, 0) is 19.3 Å². The molecule has 2 atom stereocenters. The summed E-state index contributed by atoms with van der Waals surface area (Å²) in [5, 5.41) is 10.3. The zero-order valence-electron chi connectivity index (χ0n) is 8.79. The Balaban J connectivity index is 2.37. The number of carboxylic acid groups (broad SMARTS) is 1. The molecular formula is C9H12F3NO4. The van der Waals surface area contributed by atoms with E-state index >= 15 is 0 Å². The van der Waals surface area contributed by atoms with Crippen LogP contribution < -0.4 is 5.32 Å². The normalized spacial score (nSPS) is 25.4. The summed E-state index contributed by atoms with van der Waals surface area (Å²) in [5.41, 5.74) is 0. The summed E-state index contributed by atoms with van der Waals surface area (Å²) >= 11 is 0. The first-order chi connectivity index (χ1) is 7.80. The molecule has 0 unspecified atom stereocenters. The van der Waals surface area contributed by atoms with Crippen molar-refractivity contribution in [2.24, 2.45) is 0 Å². The molecule has 1 saturated heterocycles. The van der Waals surface area contributed by atoms with E-state index in [0.29, 0.717) is 19.3 Å². The third-order valence-electron chi connectivity index (χ3n) is 2.37. The van der Waals surface area contributed by atoms with Crippen molar-refractivity contribution in [1.29, 1.82) is 0 Å². The number of carboxylic acids is 1. The van der Waals surface area contributed by atoms with Crippen LogP contribution in [0, 0.1) is 0 Å². The van der Waals surface area contributed by atoms with Crippen LogP contribution in [-0.2, 0) is 14.3 Å². The van der Waals surface area contributed by atoms with E-state index in [0.717, 1.165) is 0 Å². The zero-order valence-corrected chi connectivity index (χ0v) is 8.79. The van der Waals surface area contributed by atoms with Gasteiger partial charge in [0.25, 0.3) is 0 Å². The number of halogens is 3. The van der Waals surface area contributed by atoms with Crippen LogP contribution in [-0.4, -0.2) is 41.9 Å². The average molecular weight is 255 g/mol. The number of hydrogen-bond acceptors (Lipinski definition) is 3. The third kappa shape index (κ3) is 4.22. The molecule has 0 aliphatic carbocycles. The number of carbonyl (C=O) groups is 2. The van der Waals surface area contributed by atoms with Gasteiger partial charge < -0.3 is 15.2 Å². The Kier molecular flexibility index (Phi) is 4.33. The minimum absolute atomic E-state index is 0.331. The van der Waals surface area contributed by atoms with Gasteiger partial charge in [0.15, 0.2) is 6.10 Å². The summed E-state index contributed by atoms with van der Waals surface area (Å²) in [7, 11) is 0. The zero-order chi connectivity index (χ0) is 13.1. The molecule has 1 heterocycles. The van der Waals surface area contributed by atoms with Gasteiger partial charge in [-0.15, -0.1) is 0 Å². The Morgan fingerprint density at radius 3 is 2.53 bits per heavy atom. The highest BCUT2D eigenvalue weighted by Crippen LogP contribution is 2.19. The van der Waals surface area contributed by atoms with Crippen LogP contribution in [0.25, 0.3) is 0 Å². The van der Waals surface area contributed by atoms with Crippen molar-refractivity contribution in [3.8, 4) is 0 Å². The summed E-state index contributed by atoms with van der Waals surface area (Å²) in [4.78, 5) is 21.1. The maximum absolute atomic E-state index is 11.9. The maximum Gasteiger partial charge on any atom is 0.471 e. The molecule has 1 rings (SSSR count). The number of alkyl halides is 3. The second kappa shape index (κ2) is 5.35. The molecule has 1 fully saturated rings. The molecule has 2 N–H and O–H groups in total. The highest BCUT2D eigenvalue weighted by Gasteiger charge is 2.39. The predicted molar refractivity (Wildman–Crippen MR) is 49.2 cm³/mol. The van der Waals surface area contributed by atoms with Gasteiger partial charge in [0.1, 0.15) is 0 Å². The van der Waals surface area contributed by atoms with Crippen molar-refractivity contribution in [3.05, 3.63) is 0 Å². The molecule has 98 valence electrons. The molecule has 0 bridgehead atoms. The van der Waals surface area contributed by atoms with Gasteiger partial charge in [-0.3, -0.25) is 4.79 Å². The first-order valence-corrected chi connectivity index (χ1v) is 5.04. The molecule has 0 radical (unpaired) electrons. The van der Waals surface area contributed by atoms with E-state index in [-0.39, 0.29) is 6.54 Å². The van der Waals surface area contributed by atoms with Gasteiger partial charge in [-0.2, -0.15) is 13.2 Å². The Morgan fingerprint density at radius 1 is 1.35 bits per heavy atom. The Morgan fingerprint density at radius 2 is 2.00 bits per heavy atom. The summed E-state index contributed by atoms with van der Waals surface area (Å²) in [6.45, 7) is -0.331. The number of nitrogens with one attached hydrogen (secondary N) is 1. The summed E-state index contributed by atoms with van der Waals surface area (Å²) in [5.74, 6) is -3.18. The lowest BCUT2D eigenvalue weighted by Gasteiger charge is -2.27. The number of amides is 1. The quantitative estimate of drug-likeness (QED) is 0.777. The van der Waals surface area contributed by atoms with Crippen molar-refractivity contribution in [2.75, 3.05) is 6.54 Å². The predicted octanol–water partition coefficient (Wildman–Crippen LogP) is 0.687. The lowest BCUT2D eigenvalue weighted by Crippen LogP contribution is -2.44. The van der Waals surface area contributed by atoms with Crippen molar-refractivity contribution in [2.45, 2.75) is 37.6 Å². The van der Waals surface area contributed by atoms with E-state index in [2.05, 4.69) is 0 Å². The molecule has 1 aliphatic rings. The lowest BCUT2D eigenvalue weighted by molar-refractivity contribution is -0.175. The van der Waals surface area contributed by atoms with E-state index in [1.54, 1.807) is 5.32 Å². The minimum Gasteiger partial charge on any atom is -0.479 e. The average Bonchev–Trinajstić information content (AvgIpc) is 2.25. The smallest absolute Gasteiger partial charge is 0.471 e. The number of carbonyl (C=O) groups excluding carboxylic acids is 1. The summed E-state index contributed by atoms with van der Waals surface area (Å²) in [6, 6.07) is 0. The van der Waals surface area contributed by atoms with Gasteiger partial charge in [0.05, 0.1) is 6.10 Å². The molecular weight excluding hydrogens is 243 g/mol. The molecule has 0 aromatic heterocycles. The van der Waals surface area contributed by atoms with E-state index in [9.17, 15) is 22.8 Å². The summed E-state index contributed by atoms with van der Waals surface area (Å²) < 4.78 is 40.6. The molecule has 8 heteroatoms. The second-order valence-electron chi connectivity index (χ2n) is 3.72. The molecule has 17 heavy (non-hydrogen) atoms. The molecule has 1 aliphatic heterocycles.